The molecule has 1 unspecified atom stereocenters. The predicted octanol–water partition coefficient (Wildman–Crippen LogP) is 2.90. The van der Waals surface area contributed by atoms with E-state index in [0.29, 0.717) is 12.2 Å². The van der Waals surface area contributed by atoms with Gasteiger partial charge in [0.1, 0.15) is 5.69 Å². The van der Waals surface area contributed by atoms with Crippen molar-refractivity contribution in [2.24, 2.45) is 0 Å². The summed E-state index contributed by atoms with van der Waals surface area (Å²) in [4.78, 5) is 29.7. The minimum Gasteiger partial charge on any atom is -0.478 e. The van der Waals surface area contributed by atoms with Gasteiger partial charge in [0, 0.05) is 31.4 Å². The minimum absolute atomic E-state index is 0.0420. The number of carbonyl (C=O) groups excluding carboxylic acids is 1. The van der Waals surface area contributed by atoms with Crippen molar-refractivity contribution >= 4 is 28.3 Å². The highest BCUT2D eigenvalue weighted by molar-refractivity contribution is 7.13. The van der Waals surface area contributed by atoms with E-state index in [1.165, 1.54) is 11.3 Å². The van der Waals surface area contributed by atoms with E-state index >= 15 is 0 Å². The Morgan fingerprint density at radius 2 is 2.08 bits per heavy atom. The third-order valence-corrected chi connectivity index (χ3v) is 5.13. The number of aromatic nitrogens is 1. The Morgan fingerprint density at radius 1 is 1.33 bits per heavy atom. The molecule has 7 heteroatoms. The monoisotopic (exact) mass is 345 g/mol. The van der Waals surface area contributed by atoms with Crippen molar-refractivity contribution in [3.05, 3.63) is 46.5 Å². The number of carbonyl (C=O) groups is 2. The zero-order valence-electron chi connectivity index (χ0n) is 13.4. The maximum atomic E-state index is 12.6. The molecule has 0 radical (unpaired) electrons. The molecule has 0 aliphatic carbocycles. The van der Waals surface area contributed by atoms with E-state index in [2.05, 4.69) is 10.3 Å². The number of piperidine rings is 1. The molecular formula is C17H19N3O3S. The topological polar surface area (TPSA) is 82.5 Å². The van der Waals surface area contributed by atoms with Gasteiger partial charge in [-0.2, -0.15) is 0 Å². The molecule has 2 aromatic rings. The highest BCUT2D eigenvalue weighted by atomic mass is 32.1. The summed E-state index contributed by atoms with van der Waals surface area (Å²) >= 11 is 1.42. The van der Waals surface area contributed by atoms with Crippen molar-refractivity contribution in [1.29, 1.82) is 0 Å². The summed E-state index contributed by atoms with van der Waals surface area (Å²) in [6, 6.07) is 6.95. The highest BCUT2D eigenvalue weighted by Gasteiger charge is 2.26. The molecule has 0 spiro atoms. The van der Waals surface area contributed by atoms with Gasteiger partial charge in [0.05, 0.1) is 5.56 Å². The Hall–Kier alpha value is -2.41. The lowest BCUT2D eigenvalue weighted by atomic mass is 9.90. The maximum absolute atomic E-state index is 12.6. The van der Waals surface area contributed by atoms with Gasteiger partial charge in [-0.15, -0.1) is 11.3 Å². The number of likely N-dealkylation sites (tertiary alicyclic amines) is 1. The van der Waals surface area contributed by atoms with Crippen molar-refractivity contribution in [3.63, 3.8) is 0 Å². The summed E-state index contributed by atoms with van der Waals surface area (Å²) in [6.07, 6.45) is 1.93. The standard InChI is InChI=1S/C17H19N3O3S/c1-18-17-19-14(10-24-17)15(21)20-8-2-3-13(9-20)11-4-6-12(7-5-11)16(22)23/h4-7,10,13H,2-3,8-9H2,1H3,(H,18,19)(H,22,23). The summed E-state index contributed by atoms with van der Waals surface area (Å²) in [5, 5.41) is 14.4. The quantitative estimate of drug-likeness (QED) is 0.890. The molecule has 2 heterocycles. The SMILES string of the molecule is CNc1nc(C(=O)N2CCCC(c3ccc(C(=O)O)cc3)C2)cs1. The third kappa shape index (κ3) is 3.41. The number of rotatable bonds is 4. The summed E-state index contributed by atoms with van der Waals surface area (Å²) in [6.45, 7) is 1.37. The van der Waals surface area contributed by atoms with Crippen molar-refractivity contribution in [2.75, 3.05) is 25.5 Å². The zero-order chi connectivity index (χ0) is 17.1. The largest absolute Gasteiger partial charge is 0.478 e. The lowest BCUT2D eigenvalue weighted by Gasteiger charge is -2.32. The fourth-order valence-corrected chi connectivity index (χ4v) is 3.63. The molecule has 2 N–H and O–H groups in total. The average Bonchev–Trinajstić information content (AvgIpc) is 3.10. The minimum atomic E-state index is -0.925. The number of carboxylic acid groups (broad SMARTS) is 1. The molecule has 1 aliphatic heterocycles. The summed E-state index contributed by atoms with van der Waals surface area (Å²) in [5.41, 5.74) is 1.84. The maximum Gasteiger partial charge on any atom is 0.335 e. The Kier molecular flexibility index (Phi) is 4.80. The first-order chi connectivity index (χ1) is 11.6. The van der Waals surface area contributed by atoms with Crippen LogP contribution in [0, 0.1) is 0 Å². The normalized spacial score (nSPS) is 17.5. The molecule has 1 atom stereocenters. The Balaban J connectivity index is 1.71. The van der Waals surface area contributed by atoms with E-state index in [1.807, 2.05) is 17.0 Å². The van der Waals surface area contributed by atoms with E-state index in [4.69, 9.17) is 5.11 Å². The molecule has 1 aliphatic rings. The number of amides is 1. The van der Waals surface area contributed by atoms with Crippen LogP contribution in [0.1, 0.15) is 45.2 Å². The van der Waals surface area contributed by atoms with Crippen LogP contribution in [-0.2, 0) is 0 Å². The Morgan fingerprint density at radius 3 is 2.71 bits per heavy atom. The number of hydrogen-bond acceptors (Lipinski definition) is 5. The number of carboxylic acids is 1. The second-order valence-corrected chi connectivity index (χ2v) is 6.66. The molecule has 1 amide bonds. The number of hydrogen-bond donors (Lipinski definition) is 2. The van der Waals surface area contributed by atoms with Crippen molar-refractivity contribution in [3.8, 4) is 0 Å². The van der Waals surface area contributed by atoms with Crippen molar-refractivity contribution in [2.45, 2.75) is 18.8 Å². The number of benzene rings is 1. The van der Waals surface area contributed by atoms with Gasteiger partial charge in [-0.1, -0.05) is 12.1 Å². The fourth-order valence-electron chi connectivity index (χ4n) is 2.98. The van der Waals surface area contributed by atoms with Crippen LogP contribution in [0.25, 0.3) is 0 Å². The lowest BCUT2D eigenvalue weighted by molar-refractivity contribution is 0.0692. The number of anilines is 1. The van der Waals surface area contributed by atoms with Gasteiger partial charge in [-0.05, 0) is 30.5 Å². The average molecular weight is 345 g/mol. The van der Waals surface area contributed by atoms with E-state index in [9.17, 15) is 9.59 Å². The molecule has 1 aromatic carbocycles. The van der Waals surface area contributed by atoms with E-state index in [0.717, 1.165) is 30.1 Å². The molecule has 126 valence electrons. The second kappa shape index (κ2) is 7.00. The molecule has 0 saturated carbocycles. The summed E-state index contributed by atoms with van der Waals surface area (Å²) in [7, 11) is 1.78. The van der Waals surface area contributed by atoms with Crippen molar-refractivity contribution < 1.29 is 14.7 Å². The number of aromatic carboxylic acids is 1. The van der Waals surface area contributed by atoms with Crippen LogP contribution in [0.2, 0.25) is 0 Å². The van der Waals surface area contributed by atoms with Crippen LogP contribution < -0.4 is 5.32 Å². The van der Waals surface area contributed by atoms with Crippen LogP contribution in [0.3, 0.4) is 0 Å². The first kappa shape index (κ1) is 16.4. The number of nitrogens with zero attached hydrogens (tertiary/aromatic N) is 2. The van der Waals surface area contributed by atoms with Crippen LogP contribution in [-0.4, -0.2) is 47.0 Å². The molecule has 3 rings (SSSR count). The van der Waals surface area contributed by atoms with Crippen LogP contribution in [0.15, 0.2) is 29.6 Å². The third-order valence-electron chi connectivity index (χ3n) is 4.27. The second-order valence-electron chi connectivity index (χ2n) is 5.81. The van der Waals surface area contributed by atoms with Crippen LogP contribution >= 0.6 is 11.3 Å². The van der Waals surface area contributed by atoms with Gasteiger partial charge in [0.15, 0.2) is 5.13 Å². The van der Waals surface area contributed by atoms with Crippen LogP contribution in [0.5, 0.6) is 0 Å². The molecule has 24 heavy (non-hydrogen) atoms. The molecule has 6 nitrogen and oxygen atoms in total. The van der Waals surface area contributed by atoms with Gasteiger partial charge < -0.3 is 15.3 Å². The van der Waals surface area contributed by atoms with E-state index in [1.54, 1.807) is 24.6 Å². The van der Waals surface area contributed by atoms with Gasteiger partial charge in [-0.3, -0.25) is 4.79 Å². The zero-order valence-corrected chi connectivity index (χ0v) is 14.2. The first-order valence-corrected chi connectivity index (χ1v) is 8.72. The molecule has 1 fully saturated rings. The van der Waals surface area contributed by atoms with E-state index < -0.39 is 5.97 Å². The van der Waals surface area contributed by atoms with Gasteiger partial charge in [-0.25, -0.2) is 9.78 Å². The van der Waals surface area contributed by atoms with Gasteiger partial charge in [0.25, 0.3) is 5.91 Å². The molecule has 1 aromatic heterocycles. The summed E-state index contributed by atoms with van der Waals surface area (Å²) < 4.78 is 0. The van der Waals surface area contributed by atoms with Crippen LogP contribution in [0.4, 0.5) is 5.13 Å². The predicted molar refractivity (Wildman–Crippen MR) is 92.9 cm³/mol. The number of nitrogens with one attached hydrogen (secondary N) is 1. The summed E-state index contributed by atoms with van der Waals surface area (Å²) in [5.74, 6) is -0.738. The number of thiazole rings is 1. The molecular weight excluding hydrogens is 326 g/mol. The molecule has 1 saturated heterocycles. The first-order valence-electron chi connectivity index (χ1n) is 7.84. The highest BCUT2D eigenvalue weighted by Crippen LogP contribution is 2.28. The fraction of sp³-hybridized carbons (Fsp3) is 0.353. The molecule has 0 bridgehead atoms. The van der Waals surface area contributed by atoms with E-state index in [-0.39, 0.29) is 17.4 Å². The van der Waals surface area contributed by atoms with Gasteiger partial charge in [0.2, 0.25) is 0 Å². The Bertz CT molecular complexity index is 742. The lowest BCUT2D eigenvalue weighted by Crippen LogP contribution is -2.39. The van der Waals surface area contributed by atoms with Crippen molar-refractivity contribution in [1.82, 2.24) is 9.88 Å². The van der Waals surface area contributed by atoms with Gasteiger partial charge >= 0.3 is 5.97 Å². The smallest absolute Gasteiger partial charge is 0.335 e. The Labute approximate surface area is 144 Å².